The van der Waals surface area contributed by atoms with Crippen molar-refractivity contribution in [3.05, 3.63) is 42.2 Å². The molecule has 4 heteroatoms. The summed E-state index contributed by atoms with van der Waals surface area (Å²) in [5, 5.41) is 6.92. The number of rotatable bonds is 2. The van der Waals surface area contributed by atoms with Gasteiger partial charge in [0, 0.05) is 25.0 Å². The molecule has 82 valence electrons. The Hall–Kier alpha value is -2.10. The Morgan fingerprint density at radius 1 is 1.44 bits per heavy atom. The summed E-state index contributed by atoms with van der Waals surface area (Å²) in [7, 11) is 0. The van der Waals surface area contributed by atoms with Crippen molar-refractivity contribution in [2.24, 2.45) is 0 Å². The van der Waals surface area contributed by atoms with E-state index in [4.69, 9.17) is 0 Å². The molecule has 0 spiro atoms. The van der Waals surface area contributed by atoms with Crippen LogP contribution in [0.3, 0.4) is 0 Å². The van der Waals surface area contributed by atoms with E-state index in [1.165, 1.54) is 6.92 Å². The second-order valence-corrected chi connectivity index (χ2v) is 3.63. The molecule has 0 radical (unpaired) electrons. The van der Waals surface area contributed by atoms with Crippen LogP contribution in [0.1, 0.15) is 12.5 Å². The van der Waals surface area contributed by atoms with Crippen LogP contribution in [0.15, 0.2) is 36.7 Å². The standard InChI is InChI=1S/C12H13N3O/c1-9-8-11(14-10(2)16)4-5-12(9)15-7-3-6-13-15/h3-8H,1-2H3,(H,14,16). The summed E-state index contributed by atoms with van der Waals surface area (Å²) < 4.78 is 1.80. The summed E-state index contributed by atoms with van der Waals surface area (Å²) in [6.07, 6.45) is 3.63. The SMILES string of the molecule is CC(=O)Nc1ccc(-n2cccn2)c(C)c1. The zero-order valence-corrected chi connectivity index (χ0v) is 9.27. The smallest absolute Gasteiger partial charge is 0.221 e. The highest BCUT2D eigenvalue weighted by atomic mass is 16.1. The topological polar surface area (TPSA) is 46.9 Å². The molecule has 0 aliphatic heterocycles. The average Bonchev–Trinajstić information content (AvgIpc) is 2.69. The molecule has 16 heavy (non-hydrogen) atoms. The second-order valence-electron chi connectivity index (χ2n) is 3.63. The minimum Gasteiger partial charge on any atom is -0.326 e. The fourth-order valence-corrected chi connectivity index (χ4v) is 1.60. The molecule has 1 N–H and O–H groups in total. The van der Waals surface area contributed by atoms with Gasteiger partial charge in [-0.15, -0.1) is 0 Å². The Morgan fingerprint density at radius 2 is 2.25 bits per heavy atom. The van der Waals surface area contributed by atoms with Crippen molar-refractivity contribution in [3.63, 3.8) is 0 Å². The molecule has 0 aliphatic rings. The molecule has 1 aromatic carbocycles. The van der Waals surface area contributed by atoms with Gasteiger partial charge in [0.2, 0.25) is 5.91 Å². The normalized spacial score (nSPS) is 10.1. The summed E-state index contributed by atoms with van der Waals surface area (Å²) in [5.41, 5.74) is 2.88. The van der Waals surface area contributed by atoms with Crippen LogP contribution in [0.5, 0.6) is 0 Å². The Kier molecular flexibility index (Phi) is 2.72. The third kappa shape index (κ3) is 2.11. The number of carbonyl (C=O) groups excluding carboxylic acids is 1. The molecular formula is C12H13N3O. The van der Waals surface area contributed by atoms with Crippen LogP contribution < -0.4 is 5.32 Å². The largest absolute Gasteiger partial charge is 0.326 e. The molecular weight excluding hydrogens is 202 g/mol. The quantitative estimate of drug-likeness (QED) is 0.834. The van der Waals surface area contributed by atoms with E-state index in [0.29, 0.717) is 0 Å². The Bertz CT molecular complexity index is 503. The summed E-state index contributed by atoms with van der Waals surface area (Å²) in [6.45, 7) is 3.49. The first-order valence-electron chi connectivity index (χ1n) is 5.05. The Balaban J connectivity index is 2.34. The van der Waals surface area contributed by atoms with Gasteiger partial charge in [-0.3, -0.25) is 4.79 Å². The van der Waals surface area contributed by atoms with E-state index in [0.717, 1.165) is 16.9 Å². The van der Waals surface area contributed by atoms with Gasteiger partial charge in [0.25, 0.3) is 0 Å². The van der Waals surface area contributed by atoms with Crippen LogP contribution in [0, 0.1) is 6.92 Å². The summed E-state index contributed by atoms with van der Waals surface area (Å²) in [4.78, 5) is 10.9. The zero-order chi connectivity index (χ0) is 11.5. The Labute approximate surface area is 93.9 Å². The second kappa shape index (κ2) is 4.18. The molecule has 4 nitrogen and oxygen atoms in total. The van der Waals surface area contributed by atoms with Gasteiger partial charge in [-0.05, 0) is 36.8 Å². The number of carbonyl (C=O) groups is 1. The number of anilines is 1. The van der Waals surface area contributed by atoms with E-state index in [-0.39, 0.29) is 5.91 Å². The lowest BCUT2D eigenvalue weighted by Crippen LogP contribution is -2.06. The molecule has 0 unspecified atom stereocenters. The molecule has 0 fully saturated rings. The van der Waals surface area contributed by atoms with E-state index < -0.39 is 0 Å². The number of nitrogens with zero attached hydrogens (tertiary/aromatic N) is 2. The third-order valence-electron chi connectivity index (χ3n) is 2.27. The molecule has 0 bridgehead atoms. The average molecular weight is 215 g/mol. The van der Waals surface area contributed by atoms with Crippen molar-refractivity contribution in [2.45, 2.75) is 13.8 Å². The Morgan fingerprint density at radius 3 is 2.81 bits per heavy atom. The van der Waals surface area contributed by atoms with E-state index in [9.17, 15) is 4.79 Å². The molecule has 2 aromatic rings. The van der Waals surface area contributed by atoms with Crippen molar-refractivity contribution in [1.29, 1.82) is 0 Å². The maximum atomic E-state index is 10.9. The van der Waals surface area contributed by atoms with E-state index in [1.54, 1.807) is 10.9 Å². The minimum atomic E-state index is -0.0637. The number of benzene rings is 1. The first kappa shape index (κ1) is 10.4. The van der Waals surface area contributed by atoms with Crippen molar-refractivity contribution < 1.29 is 4.79 Å². The van der Waals surface area contributed by atoms with Crippen LogP contribution in [0.2, 0.25) is 0 Å². The van der Waals surface area contributed by atoms with Crippen molar-refractivity contribution in [2.75, 3.05) is 5.32 Å². The molecule has 0 atom stereocenters. The summed E-state index contributed by atoms with van der Waals surface area (Å²) in [6, 6.07) is 7.61. The molecule has 1 amide bonds. The van der Waals surface area contributed by atoms with Gasteiger partial charge >= 0.3 is 0 Å². The van der Waals surface area contributed by atoms with Crippen LogP contribution >= 0.6 is 0 Å². The lowest BCUT2D eigenvalue weighted by Gasteiger charge is -2.08. The van der Waals surface area contributed by atoms with Gasteiger partial charge in [0.05, 0.1) is 5.69 Å². The lowest BCUT2D eigenvalue weighted by molar-refractivity contribution is -0.114. The predicted molar refractivity (Wildman–Crippen MR) is 62.6 cm³/mol. The molecule has 1 aromatic heterocycles. The number of hydrogen-bond donors (Lipinski definition) is 1. The van der Waals surface area contributed by atoms with Crippen molar-refractivity contribution >= 4 is 11.6 Å². The minimum absolute atomic E-state index is 0.0637. The van der Waals surface area contributed by atoms with Crippen LogP contribution in [0.4, 0.5) is 5.69 Å². The van der Waals surface area contributed by atoms with Gasteiger partial charge in [-0.1, -0.05) is 0 Å². The zero-order valence-electron chi connectivity index (χ0n) is 9.27. The first-order chi connectivity index (χ1) is 7.66. The van der Waals surface area contributed by atoms with E-state index in [1.807, 2.05) is 37.4 Å². The van der Waals surface area contributed by atoms with Crippen LogP contribution in [0.25, 0.3) is 5.69 Å². The molecule has 2 rings (SSSR count). The van der Waals surface area contributed by atoms with E-state index >= 15 is 0 Å². The van der Waals surface area contributed by atoms with Crippen molar-refractivity contribution in [3.8, 4) is 5.69 Å². The molecule has 0 saturated carbocycles. The van der Waals surface area contributed by atoms with Gasteiger partial charge in [-0.25, -0.2) is 4.68 Å². The fourth-order valence-electron chi connectivity index (χ4n) is 1.60. The first-order valence-corrected chi connectivity index (χ1v) is 5.05. The highest BCUT2D eigenvalue weighted by Crippen LogP contribution is 2.18. The summed E-state index contributed by atoms with van der Waals surface area (Å²) >= 11 is 0. The number of hydrogen-bond acceptors (Lipinski definition) is 2. The fraction of sp³-hybridized carbons (Fsp3) is 0.167. The monoisotopic (exact) mass is 215 g/mol. The third-order valence-corrected chi connectivity index (χ3v) is 2.27. The van der Waals surface area contributed by atoms with Gasteiger partial charge in [0.15, 0.2) is 0 Å². The molecule has 0 aliphatic carbocycles. The lowest BCUT2D eigenvalue weighted by atomic mass is 10.2. The number of amides is 1. The number of nitrogens with one attached hydrogen (secondary N) is 1. The molecule has 0 saturated heterocycles. The summed E-state index contributed by atoms with van der Waals surface area (Å²) in [5.74, 6) is -0.0637. The van der Waals surface area contributed by atoms with E-state index in [2.05, 4.69) is 10.4 Å². The van der Waals surface area contributed by atoms with Gasteiger partial charge < -0.3 is 5.32 Å². The predicted octanol–water partition coefficient (Wildman–Crippen LogP) is 2.14. The highest BCUT2D eigenvalue weighted by Gasteiger charge is 2.03. The maximum absolute atomic E-state index is 10.9. The van der Waals surface area contributed by atoms with Gasteiger partial charge in [-0.2, -0.15) is 5.10 Å². The van der Waals surface area contributed by atoms with Gasteiger partial charge in [0.1, 0.15) is 0 Å². The maximum Gasteiger partial charge on any atom is 0.221 e. The van der Waals surface area contributed by atoms with Crippen LogP contribution in [-0.2, 0) is 4.79 Å². The number of aryl methyl sites for hydroxylation is 1. The highest BCUT2D eigenvalue weighted by molar-refractivity contribution is 5.88. The molecule has 1 heterocycles. The van der Waals surface area contributed by atoms with Crippen LogP contribution in [-0.4, -0.2) is 15.7 Å². The number of aromatic nitrogens is 2. The van der Waals surface area contributed by atoms with Crippen molar-refractivity contribution in [1.82, 2.24) is 9.78 Å².